The van der Waals surface area contributed by atoms with E-state index >= 15 is 0 Å². The molecule has 21 heavy (non-hydrogen) atoms. The summed E-state index contributed by atoms with van der Waals surface area (Å²) in [7, 11) is 0. The molecule has 0 N–H and O–H groups in total. The Morgan fingerprint density at radius 1 is 1.33 bits per heavy atom. The number of amides is 1. The first-order chi connectivity index (χ1) is 9.81. The van der Waals surface area contributed by atoms with Gasteiger partial charge in [0.05, 0.1) is 32.5 Å². The zero-order chi connectivity index (χ0) is 15.9. The van der Waals surface area contributed by atoms with Crippen LogP contribution in [0.1, 0.15) is 27.7 Å². The third-order valence-corrected chi connectivity index (χ3v) is 2.62. The molecule has 0 spiro atoms. The predicted octanol–water partition coefficient (Wildman–Crippen LogP) is 1.20. The fourth-order valence-corrected chi connectivity index (χ4v) is 1.79. The van der Waals surface area contributed by atoms with E-state index in [9.17, 15) is 9.59 Å². The van der Waals surface area contributed by atoms with Crippen LogP contribution in [0.5, 0.6) is 0 Å². The van der Waals surface area contributed by atoms with Gasteiger partial charge in [-0.05, 0) is 27.7 Å². The van der Waals surface area contributed by atoms with E-state index in [0.29, 0.717) is 26.3 Å². The van der Waals surface area contributed by atoms with Gasteiger partial charge in [0.1, 0.15) is 12.2 Å². The van der Waals surface area contributed by atoms with Crippen molar-refractivity contribution in [1.29, 1.82) is 0 Å². The summed E-state index contributed by atoms with van der Waals surface area (Å²) in [6, 6.07) is 0. The van der Waals surface area contributed by atoms with Crippen molar-refractivity contribution >= 4 is 12.1 Å². The molecule has 1 saturated heterocycles. The van der Waals surface area contributed by atoms with Crippen LogP contribution in [0, 0.1) is 0 Å². The lowest BCUT2D eigenvalue weighted by Gasteiger charge is -2.34. The van der Waals surface area contributed by atoms with Crippen LogP contribution in [-0.2, 0) is 23.7 Å². The molecule has 1 unspecified atom stereocenters. The minimum Gasteiger partial charge on any atom is -0.464 e. The minimum atomic E-state index is -0.523. The van der Waals surface area contributed by atoms with Crippen LogP contribution in [0.3, 0.4) is 0 Å². The number of esters is 1. The van der Waals surface area contributed by atoms with Crippen molar-refractivity contribution in [3.8, 4) is 0 Å². The highest BCUT2D eigenvalue weighted by atomic mass is 16.6. The van der Waals surface area contributed by atoms with Gasteiger partial charge >= 0.3 is 12.1 Å². The average Bonchev–Trinajstić information content (AvgIpc) is 2.37. The van der Waals surface area contributed by atoms with Crippen molar-refractivity contribution in [3.63, 3.8) is 0 Å². The maximum Gasteiger partial charge on any atom is 0.410 e. The summed E-state index contributed by atoms with van der Waals surface area (Å²) in [5.41, 5.74) is -0.523. The summed E-state index contributed by atoms with van der Waals surface area (Å²) in [6.07, 6.45) is -0.623. The Balaban J connectivity index is 2.32. The van der Waals surface area contributed by atoms with Crippen molar-refractivity contribution in [2.75, 3.05) is 39.5 Å². The van der Waals surface area contributed by atoms with Gasteiger partial charge < -0.3 is 23.8 Å². The van der Waals surface area contributed by atoms with Gasteiger partial charge in [0.15, 0.2) is 0 Å². The van der Waals surface area contributed by atoms with Crippen molar-refractivity contribution in [2.24, 2.45) is 0 Å². The predicted molar refractivity (Wildman–Crippen MR) is 75.0 cm³/mol. The molecule has 1 aliphatic rings. The molecule has 7 nitrogen and oxygen atoms in total. The van der Waals surface area contributed by atoms with Crippen LogP contribution in [-0.4, -0.2) is 68.2 Å². The van der Waals surface area contributed by atoms with Crippen LogP contribution >= 0.6 is 0 Å². The SMILES string of the molecule is CCOC(=O)COCC1CN(C(=O)OC(C)(C)C)CCO1. The monoisotopic (exact) mass is 303 g/mol. The molecule has 1 heterocycles. The van der Waals surface area contributed by atoms with Crippen molar-refractivity contribution in [2.45, 2.75) is 39.4 Å². The normalized spacial score (nSPS) is 19.2. The van der Waals surface area contributed by atoms with E-state index in [4.69, 9.17) is 18.9 Å². The van der Waals surface area contributed by atoms with E-state index in [-0.39, 0.29) is 25.4 Å². The van der Waals surface area contributed by atoms with Gasteiger partial charge in [-0.2, -0.15) is 0 Å². The second-order valence-corrected chi connectivity index (χ2v) is 5.74. The van der Waals surface area contributed by atoms with E-state index in [1.807, 2.05) is 20.8 Å². The number of hydrogen-bond donors (Lipinski definition) is 0. The Labute approximate surface area is 125 Å². The lowest BCUT2D eigenvalue weighted by molar-refractivity contribution is -0.150. The molecule has 7 heteroatoms. The summed E-state index contributed by atoms with van der Waals surface area (Å²) in [5, 5.41) is 0. The minimum absolute atomic E-state index is 0.111. The molecule has 0 aromatic carbocycles. The van der Waals surface area contributed by atoms with Gasteiger partial charge in [-0.15, -0.1) is 0 Å². The largest absolute Gasteiger partial charge is 0.464 e. The lowest BCUT2D eigenvalue weighted by Crippen LogP contribution is -2.48. The van der Waals surface area contributed by atoms with Gasteiger partial charge in [0.2, 0.25) is 0 Å². The van der Waals surface area contributed by atoms with E-state index in [0.717, 1.165) is 0 Å². The van der Waals surface area contributed by atoms with Gasteiger partial charge in [-0.25, -0.2) is 9.59 Å². The molecule has 1 atom stereocenters. The Morgan fingerprint density at radius 3 is 2.67 bits per heavy atom. The number of morpholine rings is 1. The summed E-state index contributed by atoms with van der Waals surface area (Å²) >= 11 is 0. The van der Waals surface area contributed by atoms with E-state index < -0.39 is 11.6 Å². The molecule has 1 aliphatic heterocycles. The molecule has 0 aromatic rings. The van der Waals surface area contributed by atoms with Crippen molar-refractivity contribution in [1.82, 2.24) is 4.90 Å². The summed E-state index contributed by atoms with van der Waals surface area (Å²) in [4.78, 5) is 24.7. The molecule has 0 bridgehead atoms. The highest BCUT2D eigenvalue weighted by Crippen LogP contribution is 2.13. The Morgan fingerprint density at radius 2 is 2.05 bits per heavy atom. The third-order valence-electron chi connectivity index (χ3n) is 2.62. The molecular formula is C14H25NO6. The third kappa shape index (κ3) is 7.29. The first-order valence-corrected chi connectivity index (χ1v) is 7.14. The highest BCUT2D eigenvalue weighted by Gasteiger charge is 2.28. The van der Waals surface area contributed by atoms with Crippen LogP contribution in [0.2, 0.25) is 0 Å². The van der Waals surface area contributed by atoms with Crippen molar-refractivity contribution < 1.29 is 28.5 Å². The van der Waals surface area contributed by atoms with Crippen LogP contribution in [0.15, 0.2) is 0 Å². The standard InChI is InChI=1S/C14H25NO6/c1-5-19-12(16)10-18-9-11-8-15(6-7-20-11)13(17)21-14(2,3)4/h11H,5-10H2,1-4H3. The molecule has 1 rings (SSSR count). The average molecular weight is 303 g/mol. The van der Waals surface area contributed by atoms with E-state index in [1.165, 1.54) is 0 Å². The van der Waals surface area contributed by atoms with Crippen LogP contribution in [0.25, 0.3) is 0 Å². The molecule has 0 aliphatic carbocycles. The second kappa shape index (κ2) is 8.19. The first kappa shape index (κ1) is 17.7. The lowest BCUT2D eigenvalue weighted by atomic mass is 10.2. The zero-order valence-electron chi connectivity index (χ0n) is 13.2. The fraction of sp³-hybridized carbons (Fsp3) is 0.857. The van der Waals surface area contributed by atoms with E-state index in [1.54, 1.807) is 11.8 Å². The second-order valence-electron chi connectivity index (χ2n) is 5.74. The van der Waals surface area contributed by atoms with E-state index in [2.05, 4.69) is 0 Å². The topological polar surface area (TPSA) is 74.3 Å². The number of rotatable bonds is 5. The molecule has 1 amide bonds. The quantitative estimate of drug-likeness (QED) is 0.711. The molecular weight excluding hydrogens is 278 g/mol. The molecule has 0 radical (unpaired) electrons. The summed E-state index contributed by atoms with van der Waals surface area (Å²) in [5.74, 6) is -0.405. The zero-order valence-corrected chi connectivity index (χ0v) is 13.2. The fourth-order valence-electron chi connectivity index (χ4n) is 1.79. The number of carbonyl (C=O) groups excluding carboxylic acids is 2. The van der Waals surface area contributed by atoms with Crippen LogP contribution < -0.4 is 0 Å². The van der Waals surface area contributed by atoms with Crippen LogP contribution in [0.4, 0.5) is 4.79 Å². The van der Waals surface area contributed by atoms with Gasteiger partial charge in [-0.3, -0.25) is 0 Å². The molecule has 1 fully saturated rings. The number of nitrogens with zero attached hydrogens (tertiary/aromatic N) is 1. The Bertz CT molecular complexity index is 352. The van der Waals surface area contributed by atoms with Crippen molar-refractivity contribution in [3.05, 3.63) is 0 Å². The Hall–Kier alpha value is -1.34. The Kier molecular flexibility index (Phi) is 6.91. The molecule has 0 aromatic heterocycles. The summed E-state index contributed by atoms with van der Waals surface area (Å²) < 4.78 is 20.8. The summed E-state index contributed by atoms with van der Waals surface area (Å²) in [6.45, 7) is 8.96. The number of carbonyl (C=O) groups is 2. The maximum absolute atomic E-state index is 12.0. The number of hydrogen-bond acceptors (Lipinski definition) is 6. The van der Waals surface area contributed by atoms with Gasteiger partial charge in [0, 0.05) is 6.54 Å². The maximum atomic E-state index is 12.0. The molecule has 122 valence electrons. The molecule has 0 saturated carbocycles. The smallest absolute Gasteiger partial charge is 0.410 e. The first-order valence-electron chi connectivity index (χ1n) is 7.14. The van der Waals surface area contributed by atoms with Gasteiger partial charge in [-0.1, -0.05) is 0 Å². The van der Waals surface area contributed by atoms with Gasteiger partial charge in [0.25, 0.3) is 0 Å². The highest BCUT2D eigenvalue weighted by molar-refractivity contribution is 5.70. The number of ether oxygens (including phenoxy) is 4.